The molecule has 1 aromatic carbocycles. The van der Waals surface area contributed by atoms with Gasteiger partial charge in [0.2, 0.25) is 17.7 Å². The molecule has 3 rings (SSSR count). The van der Waals surface area contributed by atoms with Crippen LogP contribution in [0.4, 0.5) is 5.69 Å². The molecule has 2 saturated heterocycles. The number of benzene rings is 1. The number of carbonyl (C=O) groups is 3. The molecular weight excluding hydrogens is 386 g/mol. The van der Waals surface area contributed by atoms with Crippen LogP contribution in [-0.4, -0.2) is 60.2 Å². The fourth-order valence-electron chi connectivity index (χ4n) is 3.53. The van der Waals surface area contributed by atoms with Crippen LogP contribution in [0.25, 0.3) is 0 Å². The Hall–Kier alpha value is -1.89. The number of amides is 3. The van der Waals surface area contributed by atoms with Crippen LogP contribution < -0.4 is 4.90 Å². The van der Waals surface area contributed by atoms with Gasteiger partial charge in [-0.1, -0.05) is 15.9 Å². The Morgan fingerprint density at radius 3 is 2.32 bits per heavy atom. The fourth-order valence-corrected chi connectivity index (χ4v) is 4.01. The highest BCUT2D eigenvalue weighted by molar-refractivity contribution is 9.10. The minimum atomic E-state index is -0.605. The summed E-state index contributed by atoms with van der Waals surface area (Å²) in [7, 11) is 0. The summed E-state index contributed by atoms with van der Waals surface area (Å²) in [6.07, 6.45) is 0.542. The molecule has 2 heterocycles. The first-order valence-electron chi connectivity index (χ1n) is 8.50. The molecule has 0 aliphatic carbocycles. The summed E-state index contributed by atoms with van der Waals surface area (Å²) in [5.74, 6) is -0.803. The molecule has 0 aromatic heterocycles. The standard InChI is InChI=1S/C18H22BrN3O3/c1-12-11-14(19)3-4-16(12)22-6-5-15(18(22)25)17(24)21-9-7-20(8-10-21)13(2)23/h3-4,11,15H,5-10H2,1-2H3. The smallest absolute Gasteiger partial charge is 0.239 e. The average molecular weight is 408 g/mol. The molecule has 25 heavy (non-hydrogen) atoms. The van der Waals surface area contributed by atoms with Gasteiger partial charge in [0.25, 0.3) is 0 Å². The number of carbonyl (C=O) groups excluding carboxylic acids is 3. The number of hydrogen-bond donors (Lipinski definition) is 0. The predicted molar refractivity (Wildman–Crippen MR) is 98.2 cm³/mol. The number of nitrogens with zero attached hydrogens (tertiary/aromatic N) is 3. The van der Waals surface area contributed by atoms with Gasteiger partial charge < -0.3 is 14.7 Å². The van der Waals surface area contributed by atoms with Crippen molar-refractivity contribution in [1.29, 1.82) is 0 Å². The first-order valence-corrected chi connectivity index (χ1v) is 9.29. The molecule has 1 unspecified atom stereocenters. The molecule has 0 saturated carbocycles. The topological polar surface area (TPSA) is 60.9 Å². The van der Waals surface area contributed by atoms with Crippen LogP contribution >= 0.6 is 15.9 Å². The number of halogens is 1. The molecule has 1 aromatic rings. The van der Waals surface area contributed by atoms with E-state index in [1.54, 1.807) is 14.7 Å². The Bertz CT molecular complexity index is 714. The van der Waals surface area contributed by atoms with Crippen molar-refractivity contribution in [2.75, 3.05) is 37.6 Å². The lowest BCUT2D eigenvalue weighted by molar-refractivity contribution is -0.144. The van der Waals surface area contributed by atoms with Crippen molar-refractivity contribution in [2.24, 2.45) is 5.92 Å². The quantitative estimate of drug-likeness (QED) is 0.702. The maximum atomic E-state index is 12.8. The van der Waals surface area contributed by atoms with Gasteiger partial charge in [0.15, 0.2) is 0 Å². The van der Waals surface area contributed by atoms with E-state index in [9.17, 15) is 14.4 Å². The van der Waals surface area contributed by atoms with Crippen LogP contribution in [0, 0.1) is 12.8 Å². The fraction of sp³-hybridized carbons (Fsp3) is 0.500. The van der Waals surface area contributed by atoms with E-state index in [0.29, 0.717) is 39.1 Å². The SMILES string of the molecule is CC(=O)N1CCN(C(=O)C2CCN(c3ccc(Br)cc3C)C2=O)CC1. The largest absolute Gasteiger partial charge is 0.339 e. The van der Waals surface area contributed by atoms with Crippen molar-refractivity contribution in [3.8, 4) is 0 Å². The van der Waals surface area contributed by atoms with Crippen LogP contribution in [0.5, 0.6) is 0 Å². The van der Waals surface area contributed by atoms with Gasteiger partial charge in [0.05, 0.1) is 0 Å². The van der Waals surface area contributed by atoms with E-state index in [2.05, 4.69) is 15.9 Å². The van der Waals surface area contributed by atoms with Crippen molar-refractivity contribution in [3.05, 3.63) is 28.2 Å². The van der Waals surface area contributed by atoms with E-state index in [0.717, 1.165) is 15.7 Å². The molecule has 1 atom stereocenters. The van der Waals surface area contributed by atoms with Gasteiger partial charge in [0, 0.05) is 49.8 Å². The molecule has 2 aliphatic rings. The zero-order valence-electron chi connectivity index (χ0n) is 14.5. The molecule has 2 fully saturated rings. The normalized spacial score (nSPS) is 21.0. The number of hydrogen-bond acceptors (Lipinski definition) is 3. The monoisotopic (exact) mass is 407 g/mol. The third-order valence-corrected chi connectivity index (χ3v) is 5.48. The minimum absolute atomic E-state index is 0.0286. The highest BCUT2D eigenvalue weighted by Gasteiger charge is 2.40. The number of anilines is 1. The van der Waals surface area contributed by atoms with Gasteiger partial charge in [0.1, 0.15) is 5.92 Å². The van der Waals surface area contributed by atoms with E-state index >= 15 is 0 Å². The molecule has 3 amide bonds. The summed E-state index contributed by atoms with van der Waals surface area (Å²) in [5.41, 5.74) is 1.87. The minimum Gasteiger partial charge on any atom is -0.339 e. The summed E-state index contributed by atoms with van der Waals surface area (Å²) in [4.78, 5) is 42.1. The Labute approximate surface area is 155 Å². The zero-order valence-corrected chi connectivity index (χ0v) is 16.1. The van der Waals surface area contributed by atoms with E-state index in [1.165, 1.54) is 6.92 Å². The molecule has 2 aliphatic heterocycles. The van der Waals surface area contributed by atoms with Crippen LogP contribution in [0.2, 0.25) is 0 Å². The van der Waals surface area contributed by atoms with E-state index in [-0.39, 0.29) is 17.7 Å². The van der Waals surface area contributed by atoms with Gasteiger partial charge in [-0.2, -0.15) is 0 Å². The van der Waals surface area contributed by atoms with Gasteiger partial charge in [-0.25, -0.2) is 0 Å². The molecule has 0 N–H and O–H groups in total. The number of rotatable bonds is 2. The van der Waals surface area contributed by atoms with Gasteiger partial charge >= 0.3 is 0 Å². The molecule has 0 radical (unpaired) electrons. The lowest BCUT2D eigenvalue weighted by atomic mass is 10.1. The second-order valence-electron chi connectivity index (χ2n) is 6.59. The molecule has 6 nitrogen and oxygen atoms in total. The lowest BCUT2D eigenvalue weighted by Gasteiger charge is -2.35. The Balaban J connectivity index is 1.67. The van der Waals surface area contributed by atoms with Crippen LogP contribution in [0.3, 0.4) is 0 Å². The Morgan fingerprint density at radius 1 is 1.08 bits per heavy atom. The molecular formula is C18H22BrN3O3. The van der Waals surface area contributed by atoms with Crippen molar-refractivity contribution < 1.29 is 14.4 Å². The molecule has 0 bridgehead atoms. The Morgan fingerprint density at radius 2 is 1.72 bits per heavy atom. The van der Waals surface area contributed by atoms with Crippen molar-refractivity contribution >= 4 is 39.3 Å². The average Bonchev–Trinajstić information content (AvgIpc) is 2.96. The molecule has 0 spiro atoms. The Kier molecular flexibility index (Phi) is 5.13. The summed E-state index contributed by atoms with van der Waals surface area (Å²) in [5, 5.41) is 0. The van der Waals surface area contributed by atoms with E-state index in [4.69, 9.17) is 0 Å². The van der Waals surface area contributed by atoms with Crippen molar-refractivity contribution in [1.82, 2.24) is 9.80 Å². The van der Waals surface area contributed by atoms with Gasteiger partial charge in [-0.15, -0.1) is 0 Å². The third-order valence-electron chi connectivity index (χ3n) is 4.99. The predicted octanol–water partition coefficient (Wildman–Crippen LogP) is 1.80. The van der Waals surface area contributed by atoms with Crippen LogP contribution in [-0.2, 0) is 14.4 Å². The highest BCUT2D eigenvalue weighted by Crippen LogP contribution is 2.30. The van der Waals surface area contributed by atoms with E-state index in [1.807, 2.05) is 25.1 Å². The second kappa shape index (κ2) is 7.15. The second-order valence-corrected chi connectivity index (χ2v) is 7.51. The summed E-state index contributed by atoms with van der Waals surface area (Å²) < 4.78 is 0.969. The lowest BCUT2D eigenvalue weighted by Crippen LogP contribution is -2.52. The maximum Gasteiger partial charge on any atom is 0.239 e. The van der Waals surface area contributed by atoms with Crippen molar-refractivity contribution in [3.63, 3.8) is 0 Å². The summed E-state index contributed by atoms with van der Waals surface area (Å²) in [6.45, 7) is 6.14. The van der Waals surface area contributed by atoms with Crippen LogP contribution in [0.1, 0.15) is 18.9 Å². The maximum absolute atomic E-state index is 12.8. The highest BCUT2D eigenvalue weighted by atomic mass is 79.9. The number of piperazine rings is 1. The molecule has 7 heteroatoms. The zero-order chi connectivity index (χ0) is 18.1. The first kappa shape index (κ1) is 17.9. The summed E-state index contributed by atoms with van der Waals surface area (Å²) in [6, 6.07) is 5.79. The van der Waals surface area contributed by atoms with Crippen molar-refractivity contribution in [2.45, 2.75) is 20.3 Å². The van der Waals surface area contributed by atoms with Gasteiger partial charge in [-0.3, -0.25) is 14.4 Å². The summed E-state index contributed by atoms with van der Waals surface area (Å²) >= 11 is 3.43. The number of aryl methyl sites for hydroxylation is 1. The molecule has 134 valence electrons. The van der Waals surface area contributed by atoms with E-state index < -0.39 is 5.92 Å². The third kappa shape index (κ3) is 3.56. The van der Waals surface area contributed by atoms with Crippen LogP contribution in [0.15, 0.2) is 22.7 Å². The first-order chi connectivity index (χ1) is 11.9. The van der Waals surface area contributed by atoms with Gasteiger partial charge in [-0.05, 0) is 37.1 Å².